The Morgan fingerprint density at radius 3 is 1.93 bits per heavy atom. The molecule has 0 aliphatic carbocycles. The van der Waals surface area contributed by atoms with Crippen molar-refractivity contribution >= 4 is 16.8 Å². The quantitative estimate of drug-likeness (QED) is 0.103. The second-order valence-electron chi connectivity index (χ2n) is 11.4. The molecule has 0 aliphatic heterocycles. The van der Waals surface area contributed by atoms with Gasteiger partial charge in [0.25, 0.3) is 5.91 Å². The molecule has 1 amide bonds. The minimum atomic E-state index is -0.691. The summed E-state index contributed by atoms with van der Waals surface area (Å²) in [4.78, 5) is 16.3. The Hall–Kier alpha value is -5.33. The van der Waals surface area contributed by atoms with Crippen molar-refractivity contribution < 1.29 is 9.53 Å². The number of benzene rings is 5. The molecule has 46 heavy (non-hydrogen) atoms. The molecule has 1 atom stereocenters. The van der Waals surface area contributed by atoms with Crippen molar-refractivity contribution in [2.24, 2.45) is 10.2 Å². The highest BCUT2D eigenvalue weighted by Crippen LogP contribution is 2.38. The van der Waals surface area contributed by atoms with Gasteiger partial charge in [0, 0.05) is 29.6 Å². The van der Waals surface area contributed by atoms with Gasteiger partial charge in [-0.05, 0) is 52.8 Å². The second-order valence-corrected chi connectivity index (χ2v) is 11.4. The van der Waals surface area contributed by atoms with E-state index in [-0.39, 0.29) is 18.4 Å². The van der Waals surface area contributed by atoms with Crippen LogP contribution in [0, 0.1) is 0 Å². The van der Waals surface area contributed by atoms with Crippen molar-refractivity contribution in [3.05, 3.63) is 174 Å². The number of azo groups is 1. The summed E-state index contributed by atoms with van der Waals surface area (Å²) in [5.41, 5.74) is 5.89. The molecule has 0 saturated carbocycles. The van der Waals surface area contributed by atoms with Crippen LogP contribution < -0.4 is 10.1 Å². The van der Waals surface area contributed by atoms with Gasteiger partial charge < -0.3 is 9.72 Å². The largest absolute Gasteiger partial charge is 0.496 e. The van der Waals surface area contributed by atoms with E-state index in [0.717, 1.165) is 33.5 Å². The molecule has 2 N–H and O–H groups in total. The van der Waals surface area contributed by atoms with E-state index in [9.17, 15) is 4.79 Å². The van der Waals surface area contributed by atoms with Gasteiger partial charge in [-0.2, -0.15) is 5.11 Å². The summed E-state index contributed by atoms with van der Waals surface area (Å²) in [5.74, 6) is 0.520. The number of H-pyrrole nitrogens is 1. The van der Waals surface area contributed by atoms with Crippen molar-refractivity contribution in [2.75, 3.05) is 13.7 Å². The maximum absolute atomic E-state index is 12.9. The molecule has 6 nitrogen and oxygen atoms in total. The topological polar surface area (TPSA) is 78.8 Å². The molecule has 1 heterocycles. The number of ether oxygens (including phenoxy) is 1. The van der Waals surface area contributed by atoms with Crippen LogP contribution in [0.5, 0.6) is 5.75 Å². The number of para-hydroxylation sites is 2. The lowest BCUT2D eigenvalue weighted by atomic mass is 9.76. The predicted molar refractivity (Wildman–Crippen MR) is 184 cm³/mol. The number of aromatic nitrogens is 1. The van der Waals surface area contributed by atoms with Crippen molar-refractivity contribution in [3.8, 4) is 5.75 Å². The monoisotopic (exact) mass is 606 g/mol. The van der Waals surface area contributed by atoms with E-state index in [1.54, 1.807) is 7.11 Å². The number of carbonyl (C=O) groups is 1. The van der Waals surface area contributed by atoms with Crippen molar-refractivity contribution in [1.82, 2.24) is 10.3 Å². The highest BCUT2D eigenvalue weighted by molar-refractivity contribution is 5.83. The molecule has 1 aromatic heterocycles. The zero-order valence-corrected chi connectivity index (χ0v) is 26.0. The summed E-state index contributed by atoms with van der Waals surface area (Å²) < 4.78 is 5.45. The van der Waals surface area contributed by atoms with Crippen LogP contribution in [0.15, 0.2) is 156 Å². The zero-order chi connectivity index (χ0) is 31.6. The number of hydrogen-bond acceptors (Lipinski definition) is 4. The predicted octanol–water partition coefficient (Wildman–Crippen LogP) is 8.28. The van der Waals surface area contributed by atoms with Crippen LogP contribution >= 0.6 is 0 Å². The fourth-order valence-electron chi connectivity index (χ4n) is 6.27. The number of rotatable bonds is 13. The molecular formula is C40H38N4O2. The van der Waals surface area contributed by atoms with Gasteiger partial charge in [0.15, 0.2) is 0 Å². The first kappa shape index (κ1) is 30.7. The van der Waals surface area contributed by atoms with Crippen LogP contribution in [0.3, 0.4) is 0 Å². The molecule has 0 bridgehead atoms. The molecule has 0 aliphatic rings. The summed E-state index contributed by atoms with van der Waals surface area (Å²) in [6, 6.07) is 47.5. The summed E-state index contributed by atoms with van der Waals surface area (Å²) >= 11 is 0. The first-order chi connectivity index (χ1) is 22.7. The Labute approximate surface area is 270 Å². The van der Waals surface area contributed by atoms with Gasteiger partial charge in [0.2, 0.25) is 0 Å². The Bertz CT molecular complexity index is 1790. The van der Waals surface area contributed by atoms with E-state index in [4.69, 9.17) is 4.74 Å². The summed E-state index contributed by atoms with van der Waals surface area (Å²) in [7, 11) is 1.64. The third-order valence-electron chi connectivity index (χ3n) is 8.47. The van der Waals surface area contributed by atoms with Crippen LogP contribution in [-0.2, 0) is 23.2 Å². The molecule has 0 radical (unpaired) electrons. The average Bonchev–Trinajstić information content (AvgIpc) is 3.53. The molecule has 0 unspecified atom stereocenters. The van der Waals surface area contributed by atoms with Crippen LogP contribution in [0.2, 0.25) is 0 Å². The lowest BCUT2D eigenvalue weighted by Gasteiger charge is -2.40. The van der Waals surface area contributed by atoms with E-state index in [0.29, 0.717) is 19.4 Å². The SMILES string of the molecule is COc1ccccc1CCC(=O)/N=N/C[C@@H](Cc1c[nH]c2ccccc12)NC(c1ccccc1)(c1ccccc1)c1ccccc1. The van der Waals surface area contributed by atoms with Crippen LogP contribution in [0.4, 0.5) is 0 Å². The first-order valence-corrected chi connectivity index (χ1v) is 15.7. The van der Waals surface area contributed by atoms with Crippen LogP contribution in [0.25, 0.3) is 10.9 Å². The van der Waals surface area contributed by atoms with Gasteiger partial charge in [-0.1, -0.05) is 127 Å². The lowest BCUT2D eigenvalue weighted by molar-refractivity contribution is -0.118. The second kappa shape index (κ2) is 14.6. The number of carbonyl (C=O) groups excluding carboxylic acids is 1. The number of aryl methyl sites for hydroxylation is 1. The van der Waals surface area contributed by atoms with E-state index < -0.39 is 5.54 Å². The normalized spacial score (nSPS) is 12.4. The Morgan fingerprint density at radius 1 is 0.739 bits per heavy atom. The minimum absolute atomic E-state index is 0.175. The smallest absolute Gasteiger partial charge is 0.264 e. The first-order valence-electron chi connectivity index (χ1n) is 15.7. The molecule has 0 spiro atoms. The highest BCUT2D eigenvalue weighted by Gasteiger charge is 2.38. The summed E-state index contributed by atoms with van der Waals surface area (Å²) in [6.45, 7) is 0.314. The maximum atomic E-state index is 12.9. The van der Waals surface area contributed by atoms with Crippen LogP contribution in [0.1, 0.15) is 34.2 Å². The average molecular weight is 607 g/mol. The molecule has 6 heteroatoms. The molecule has 0 saturated heterocycles. The summed E-state index contributed by atoms with van der Waals surface area (Å²) in [6.07, 6.45) is 3.54. The van der Waals surface area contributed by atoms with E-state index in [1.165, 1.54) is 10.9 Å². The zero-order valence-electron chi connectivity index (χ0n) is 26.0. The van der Waals surface area contributed by atoms with Gasteiger partial charge in [-0.3, -0.25) is 10.1 Å². The standard InChI is InChI=1S/C40H38N4O2/c1-46-38-24-14-11-15-30(38)25-26-39(45)44-42-29-35(27-31-28-41-37-23-13-12-22-36(31)37)43-40(32-16-5-2-6-17-32,33-18-7-3-8-19-33)34-20-9-4-10-21-34/h2-24,28,35,41,43H,25-27,29H2,1H3/b44-42+/t35-/m1/s1. The highest BCUT2D eigenvalue weighted by atomic mass is 16.5. The number of methoxy groups -OCH3 is 1. The van der Waals surface area contributed by atoms with E-state index in [1.807, 2.05) is 48.5 Å². The lowest BCUT2D eigenvalue weighted by Crippen LogP contribution is -2.51. The van der Waals surface area contributed by atoms with Gasteiger partial charge in [0.05, 0.1) is 19.2 Å². The number of hydrogen-bond donors (Lipinski definition) is 2. The number of aromatic amines is 1. The molecule has 5 aromatic carbocycles. The van der Waals surface area contributed by atoms with Crippen molar-refractivity contribution in [2.45, 2.75) is 30.8 Å². The van der Waals surface area contributed by atoms with Gasteiger partial charge >= 0.3 is 0 Å². The van der Waals surface area contributed by atoms with E-state index >= 15 is 0 Å². The molecular weight excluding hydrogens is 568 g/mol. The third kappa shape index (κ3) is 6.82. The minimum Gasteiger partial charge on any atom is -0.496 e. The van der Waals surface area contributed by atoms with Crippen molar-refractivity contribution in [3.63, 3.8) is 0 Å². The van der Waals surface area contributed by atoms with E-state index in [2.05, 4.69) is 118 Å². The number of nitrogens with zero attached hydrogens (tertiary/aromatic N) is 2. The fourth-order valence-corrected chi connectivity index (χ4v) is 6.27. The van der Waals surface area contributed by atoms with Crippen molar-refractivity contribution in [1.29, 1.82) is 0 Å². The molecule has 6 rings (SSSR count). The van der Waals surface area contributed by atoms with Gasteiger partial charge in [0.1, 0.15) is 5.75 Å². The number of fused-ring (bicyclic) bond motifs is 1. The Kier molecular flexibility index (Phi) is 9.76. The molecule has 0 fully saturated rings. The third-order valence-corrected chi connectivity index (χ3v) is 8.47. The number of nitrogens with one attached hydrogen (secondary N) is 2. The Balaban J connectivity index is 1.35. The Morgan fingerprint density at radius 2 is 1.30 bits per heavy atom. The van der Waals surface area contributed by atoms with Gasteiger partial charge in [-0.15, -0.1) is 5.11 Å². The molecule has 230 valence electrons. The summed E-state index contributed by atoms with van der Waals surface area (Å²) in [5, 5.41) is 13.9. The number of amides is 1. The van der Waals surface area contributed by atoms with Crippen LogP contribution in [-0.4, -0.2) is 30.6 Å². The fraction of sp³-hybridized carbons (Fsp3) is 0.175. The molecule has 6 aromatic rings. The van der Waals surface area contributed by atoms with Gasteiger partial charge in [-0.25, -0.2) is 0 Å². The maximum Gasteiger partial charge on any atom is 0.264 e.